The largest absolute Gasteiger partial charge is 2.00 e. The molecule has 0 saturated heterocycles. The molecule has 0 atom stereocenters. The van der Waals surface area contributed by atoms with Gasteiger partial charge in [-0.1, -0.05) is 75.2 Å². The molecule has 0 aliphatic heterocycles. The first-order chi connectivity index (χ1) is 9.65. The summed E-state index contributed by atoms with van der Waals surface area (Å²) in [6.45, 7) is 4.26. The number of aryl methyl sites for hydroxylation is 2. The third kappa shape index (κ3) is 8.63. The number of hydrogen-bond acceptors (Lipinski definition) is 2. The molecule has 0 amide bonds. The molecule has 2 aromatic carbocycles. The van der Waals surface area contributed by atoms with E-state index in [1.165, 1.54) is 11.1 Å². The van der Waals surface area contributed by atoms with Gasteiger partial charge in [-0.2, -0.15) is 0 Å². The molecular formula is C18H22MgO2. The van der Waals surface area contributed by atoms with Gasteiger partial charge in [0.2, 0.25) is 0 Å². The molecule has 0 radical (unpaired) electrons. The van der Waals surface area contributed by atoms with E-state index in [1.54, 1.807) is 24.3 Å². The van der Waals surface area contributed by atoms with E-state index >= 15 is 0 Å². The van der Waals surface area contributed by atoms with Gasteiger partial charge in [-0.3, -0.25) is 0 Å². The van der Waals surface area contributed by atoms with Crippen LogP contribution < -0.4 is 10.2 Å². The van der Waals surface area contributed by atoms with Crippen molar-refractivity contribution >= 4 is 23.1 Å². The van der Waals surface area contributed by atoms with Gasteiger partial charge in [0.1, 0.15) is 0 Å². The van der Waals surface area contributed by atoms with Crippen molar-refractivity contribution in [3.05, 3.63) is 59.7 Å². The van der Waals surface area contributed by atoms with Gasteiger partial charge < -0.3 is 10.2 Å². The fraction of sp³-hybridized carbons (Fsp3) is 0.333. The minimum absolute atomic E-state index is 0. The Morgan fingerprint density at radius 2 is 0.905 bits per heavy atom. The first-order valence-corrected chi connectivity index (χ1v) is 7.17. The normalized spacial score (nSPS) is 9.24. The number of benzene rings is 2. The molecule has 0 spiro atoms. The number of hydrogen-bond donors (Lipinski definition) is 0. The van der Waals surface area contributed by atoms with Crippen molar-refractivity contribution in [2.75, 3.05) is 0 Å². The molecule has 2 aromatic rings. The van der Waals surface area contributed by atoms with E-state index in [1.807, 2.05) is 24.3 Å². The van der Waals surface area contributed by atoms with Crippen LogP contribution in [0.1, 0.15) is 37.8 Å². The molecule has 3 heteroatoms. The fourth-order valence-electron chi connectivity index (χ4n) is 1.89. The van der Waals surface area contributed by atoms with E-state index in [9.17, 15) is 10.2 Å². The predicted molar refractivity (Wildman–Crippen MR) is 85.5 cm³/mol. The van der Waals surface area contributed by atoms with Crippen molar-refractivity contribution in [1.29, 1.82) is 0 Å². The molecule has 0 aliphatic carbocycles. The van der Waals surface area contributed by atoms with E-state index in [-0.39, 0.29) is 34.6 Å². The van der Waals surface area contributed by atoms with Gasteiger partial charge in [0.05, 0.1) is 0 Å². The first-order valence-electron chi connectivity index (χ1n) is 7.17. The molecule has 0 saturated carbocycles. The summed E-state index contributed by atoms with van der Waals surface area (Å²) in [5.74, 6) is 0.194. The zero-order chi connectivity index (χ0) is 14.8. The van der Waals surface area contributed by atoms with Crippen molar-refractivity contribution in [3.63, 3.8) is 0 Å². The molecule has 0 N–H and O–H groups in total. The summed E-state index contributed by atoms with van der Waals surface area (Å²) in [6.07, 6.45) is 4.41. The van der Waals surface area contributed by atoms with E-state index in [2.05, 4.69) is 13.8 Å². The number of rotatable bonds is 4. The maximum atomic E-state index is 10.6. The van der Waals surface area contributed by atoms with Gasteiger partial charge in [-0.05, 0) is 24.0 Å². The Balaban J connectivity index is 0.000000364. The van der Waals surface area contributed by atoms with Crippen LogP contribution in [0.5, 0.6) is 11.5 Å². The maximum Gasteiger partial charge on any atom is 2.00 e. The van der Waals surface area contributed by atoms with Crippen LogP contribution in [-0.2, 0) is 12.8 Å². The second-order valence-electron chi connectivity index (χ2n) is 4.79. The maximum absolute atomic E-state index is 10.6. The summed E-state index contributed by atoms with van der Waals surface area (Å²) in [5, 5.41) is 21.3. The van der Waals surface area contributed by atoms with Gasteiger partial charge in [0, 0.05) is 0 Å². The second kappa shape index (κ2) is 11.5. The summed E-state index contributed by atoms with van der Waals surface area (Å²) in [5.41, 5.74) is 2.50. The van der Waals surface area contributed by atoms with Crippen molar-refractivity contribution in [2.24, 2.45) is 0 Å². The Morgan fingerprint density at radius 1 is 0.619 bits per heavy atom. The molecule has 108 valence electrons. The van der Waals surface area contributed by atoms with Crippen LogP contribution in [-0.4, -0.2) is 23.1 Å². The van der Waals surface area contributed by atoms with E-state index in [4.69, 9.17) is 0 Å². The molecule has 0 unspecified atom stereocenters. The molecule has 0 aromatic heterocycles. The van der Waals surface area contributed by atoms with Gasteiger partial charge in [-0.25, -0.2) is 0 Å². The average molecular weight is 295 g/mol. The van der Waals surface area contributed by atoms with Crippen molar-refractivity contribution in [3.8, 4) is 11.5 Å². The molecular weight excluding hydrogens is 273 g/mol. The topological polar surface area (TPSA) is 46.1 Å². The quantitative estimate of drug-likeness (QED) is 0.814. The SMILES string of the molecule is CCCc1ccc([O-])cc1.CCCc1ccc([O-])cc1.[Mg+2]. The Labute approximate surface area is 144 Å². The predicted octanol–water partition coefficient (Wildman–Crippen LogP) is 3.04. The summed E-state index contributed by atoms with van der Waals surface area (Å²) >= 11 is 0. The average Bonchev–Trinajstić information content (AvgIpc) is 2.45. The van der Waals surface area contributed by atoms with Crippen LogP contribution in [0.2, 0.25) is 0 Å². The Bertz CT molecular complexity index is 430. The Hall–Kier alpha value is -1.19. The minimum atomic E-state index is 0. The smallest absolute Gasteiger partial charge is 0.872 e. The van der Waals surface area contributed by atoms with E-state index in [0.717, 1.165) is 25.7 Å². The standard InChI is InChI=1S/2C9H12O.Mg/c2*1-2-3-8-4-6-9(10)7-5-8;/h2*4-7,10H,2-3H2,1H3;/q;;+2/p-2. The van der Waals surface area contributed by atoms with E-state index < -0.39 is 0 Å². The molecule has 0 fully saturated rings. The Morgan fingerprint density at radius 3 is 1.14 bits per heavy atom. The van der Waals surface area contributed by atoms with Crippen LogP contribution in [0.25, 0.3) is 0 Å². The van der Waals surface area contributed by atoms with Crippen LogP contribution in [0.4, 0.5) is 0 Å². The second-order valence-corrected chi connectivity index (χ2v) is 4.79. The molecule has 0 aliphatic rings. The first kappa shape index (κ1) is 19.8. The van der Waals surface area contributed by atoms with Crippen molar-refractivity contribution < 1.29 is 10.2 Å². The summed E-state index contributed by atoms with van der Waals surface area (Å²) in [6, 6.07) is 14.0. The van der Waals surface area contributed by atoms with Gasteiger partial charge in [0.15, 0.2) is 0 Å². The molecule has 0 heterocycles. The molecule has 2 rings (SSSR count). The summed E-state index contributed by atoms with van der Waals surface area (Å²) < 4.78 is 0. The third-order valence-electron chi connectivity index (χ3n) is 2.92. The van der Waals surface area contributed by atoms with Crippen molar-refractivity contribution in [2.45, 2.75) is 39.5 Å². The van der Waals surface area contributed by atoms with Crippen LogP contribution in [0.3, 0.4) is 0 Å². The van der Waals surface area contributed by atoms with Gasteiger partial charge in [-0.15, -0.1) is 11.5 Å². The van der Waals surface area contributed by atoms with Crippen LogP contribution >= 0.6 is 0 Å². The Kier molecular flexibility index (Phi) is 10.8. The minimum Gasteiger partial charge on any atom is -0.872 e. The summed E-state index contributed by atoms with van der Waals surface area (Å²) in [4.78, 5) is 0. The molecule has 2 nitrogen and oxygen atoms in total. The third-order valence-corrected chi connectivity index (χ3v) is 2.92. The van der Waals surface area contributed by atoms with Crippen molar-refractivity contribution in [1.82, 2.24) is 0 Å². The zero-order valence-corrected chi connectivity index (χ0v) is 14.4. The van der Waals surface area contributed by atoms with Gasteiger partial charge in [0.25, 0.3) is 0 Å². The van der Waals surface area contributed by atoms with E-state index in [0.29, 0.717) is 0 Å². The van der Waals surface area contributed by atoms with Gasteiger partial charge >= 0.3 is 23.1 Å². The van der Waals surface area contributed by atoms with Crippen LogP contribution in [0.15, 0.2) is 48.5 Å². The molecule has 21 heavy (non-hydrogen) atoms. The zero-order valence-electron chi connectivity index (χ0n) is 13.0. The molecule has 0 bridgehead atoms. The summed E-state index contributed by atoms with van der Waals surface area (Å²) in [7, 11) is 0. The monoisotopic (exact) mass is 294 g/mol. The van der Waals surface area contributed by atoms with Crippen LogP contribution in [0, 0.1) is 0 Å². The fourth-order valence-corrected chi connectivity index (χ4v) is 1.89.